The third kappa shape index (κ3) is 1.60. The summed E-state index contributed by atoms with van der Waals surface area (Å²) in [5.74, 6) is 0. The van der Waals surface area contributed by atoms with Gasteiger partial charge in [-0.15, -0.1) is 11.3 Å². The van der Waals surface area contributed by atoms with E-state index in [1.807, 2.05) is 12.1 Å². The predicted octanol–water partition coefficient (Wildman–Crippen LogP) is 4.43. The van der Waals surface area contributed by atoms with Crippen LogP contribution >= 0.6 is 43.2 Å². The lowest BCUT2D eigenvalue weighted by molar-refractivity contribution is 1.47. The van der Waals surface area contributed by atoms with Crippen LogP contribution in [0.1, 0.15) is 11.1 Å². The maximum absolute atomic E-state index is 8.94. The SMILES string of the molecule is N#Cc1ccc(CBr)c2cc(Br)sc12. The first-order valence-corrected chi connectivity index (χ1v) is 6.66. The van der Waals surface area contributed by atoms with E-state index in [1.54, 1.807) is 11.3 Å². The molecule has 4 heteroatoms. The van der Waals surface area contributed by atoms with Crippen LogP contribution in [0.5, 0.6) is 0 Å². The van der Waals surface area contributed by atoms with Crippen molar-refractivity contribution in [3.63, 3.8) is 0 Å². The number of fused-ring (bicyclic) bond motifs is 1. The molecule has 0 N–H and O–H groups in total. The van der Waals surface area contributed by atoms with Crippen LogP contribution in [0.3, 0.4) is 0 Å². The van der Waals surface area contributed by atoms with E-state index < -0.39 is 0 Å². The van der Waals surface area contributed by atoms with Gasteiger partial charge in [-0.3, -0.25) is 0 Å². The normalized spacial score (nSPS) is 10.4. The Morgan fingerprint density at radius 1 is 1.43 bits per heavy atom. The molecule has 0 amide bonds. The molecular formula is C10H5Br2NS. The molecule has 1 nitrogen and oxygen atoms in total. The zero-order chi connectivity index (χ0) is 10.1. The highest BCUT2D eigenvalue weighted by atomic mass is 79.9. The van der Waals surface area contributed by atoms with Crippen molar-refractivity contribution in [3.05, 3.63) is 33.1 Å². The van der Waals surface area contributed by atoms with E-state index in [0.717, 1.165) is 24.8 Å². The van der Waals surface area contributed by atoms with Crippen molar-refractivity contribution in [1.29, 1.82) is 5.26 Å². The Labute approximate surface area is 103 Å². The summed E-state index contributed by atoms with van der Waals surface area (Å²) in [6.07, 6.45) is 0. The van der Waals surface area contributed by atoms with Crippen LogP contribution in [-0.2, 0) is 5.33 Å². The Morgan fingerprint density at radius 3 is 2.86 bits per heavy atom. The van der Waals surface area contributed by atoms with Crippen molar-refractivity contribution < 1.29 is 0 Å². The molecule has 0 atom stereocenters. The first kappa shape index (κ1) is 10.2. The molecule has 0 aliphatic rings. The highest BCUT2D eigenvalue weighted by Gasteiger charge is 2.08. The van der Waals surface area contributed by atoms with Crippen LogP contribution < -0.4 is 0 Å². The monoisotopic (exact) mass is 329 g/mol. The molecule has 1 aromatic heterocycles. The van der Waals surface area contributed by atoms with Crippen LogP contribution in [0, 0.1) is 11.3 Å². The summed E-state index contributed by atoms with van der Waals surface area (Å²) in [5.41, 5.74) is 1.97. The average molecular weight is 331 g/mol. The number of halogens is 2. The molecule has 0 fully saturated rings. The summed E-state index contributed by atoms with van der Waals surface area (Å²) >= 11 is 8.49. The minimum Gasteiger partial charge on any atom is -0.192 e. The minimum atomic E-state index is 0.750. The molecular weight excluding hydrogens is 326 g/mol. The van der Waals surface area contributed by atoms with Crippen LogP contribution in [-0.4, -0.2) is 0 Å². The van der Waals surface area contributed by atoms with Gasteiger partial charge in [0.25, 0.3) is 0 Å². The molecule has 14 heavy (non-hydrogen) atoms. The number of hydrogen-bond acceptors (Lipinski definition) is 2. The summed E-state index contributed by atoms with van der Waals surface area (Å²) in [7, 11) is 0. The van der Waals surface area contributed by atoms with Crippen LogP contribution in [0.4, 0.5) is 0 Å². The molecule has 0 aliphatic heterocycles. The molecule has 0 saturated heterocycles. The number of nitrogens with zero attached hydrogens (tertiary/aromatic N) is 1. The van der Waals surface area contributed by atoms with Crippen molar-refractivity contribution in [1.82, 2.24) is 0 Å². The Morgan fingerprint density at radius 2 is 2.21 bits per heavy atom. The number of thiophene rings is 1. The molecule has 1 aromatic carbocycles. The van der Waals surface area contributed by atoms with E-state index in [2.05, 4.69) is 44.0 Å². The zero-order valence-electron chi connectivity index (χ0n) is 7.05. The molecule has 0 bridgehead atoms. The first-order valence-electron chi connectivity index (χ1n) is 3.93. The third-order valence-electron chi connectivity index (χ3n) is 2.01. The third-order valence-corrected chi connectivity index (χ3v) is 4.28. The smallest absolute Gasteiger partial charge is 0.101 e. The number of rotatable bonds is 1. The molecule has 0 saturated carbocycles. The second kappa shape index (κ2) is 4.01. The quantitative estimate of drug-likeness (QED) is 0.709. The predicted molar refractivity (Wildman–Crippen MR) is 66.9 cm³/mol. The second-order valence-corrected chi connectivity index (χ2v) is 5.80. The summed E-state index contributed by atoms with van der Waals surface area (Å²) in [5, 5.41) is 10.9. The number of hydrogen-bond donors (Lipinski definition) is 0. The van der Waals surface area contributed by atoms with Crippen molar-refractivity contribution >= 4 is 53.3 Å². The molecule has 2 aromatic rings. The Balaban J connectivity index is 2.86. The van der Waals surface area contributed by atoms with Gasteiger partial charge < -0.3 is 0 Å². The van der Waals surface area contributed by atoms with E-state index >= 15 is 0 Å². The van der Waals surface area contributed by atoms with E-state index in [-0.39, 0.29) is 0 Å². The van der Waals surface area contributed by atoms with Crippen LogP contribution in [0.15, 0.2) is 22.0 Å². The molecule has 0 unspecified atom stereocenters. The van der Waals surface area contributed by atoms with Gasteiger partial charge in [-0.25, -0.2) is 0 Å². The van der Waals surface area contributed by atoms with Gasteiger partial charge >= 0.3 is 0 Å². The van der Waals surface area contributed by atoms with Gasteiger partial charge in [-0.1, -0.05) is 22.0 Å². The first-order chi connectivity index (χ1) is 6.76. The Hall–Kier alpha value is -0.370. The topological polar surface area (TPSA) is 23.8 Å². The van der Waals surface area contributed by atoms with E-state index in [4.69, 9.17) is 5.26 Å². The largest absolute Gasteiger partial charge is 0.192 e. The van der Waals surface area contributed by atoms with E-state index in [0.29, 0.717) is 0 Å². The summed E-state index contributed by atoms with van der Waals surface area (Å²) in [6, 6.07) is 8.15. The minimum absolute atomic E-state index is 0.750. The molecule has 0 spiro atoms. The van der Waals surface area contributed by atoms with Crippen molar-refractivity contribution in [2.24, 2.45) is 0 Å². The fourth-order valence-electron chi connectivity index (χ4n) is 1.35. The van der Waals surface area contributed by atoms with Crippen molar-refractivity contribution in [2.45, 2.75) is 5.33 Å². The number of benzene rings is 1. The fourth-order valence-corrected chi connectivity index (χ4v) is 3.45. The van der Waals surface area contributed by atoms with E-state index in [9.17, 15) is 0 Å². The van der Waals surface area contributed by atoms with Gasteiger partial charge in [0.2, 0.25) is 0 Å². The number of nitriles is 1. The summed E-state index contributed by atoms with van der Waals surface area (Å²) in [4.78, 5) is 0. The van der Waals surface area contributed by atoms with Crippen LogP contribution in [0.2, 0.25) is 0 Å². The molecule has 70 valence electrons. The zero-order valence-corrected chi connectivity index (χ0v) is 11.0. The van der Waals surface area contributed by atoms with Crippen molar-refractivity contribution in [3.8, 4) is 6.07 Å². The molecule has 0 radical (unpaired) electrons. The Kier molecular flexibility index (Phi) is 2.91. The highest BCUT2D eigenvalue weighted by Crippen LogP contribution is 2.34. The molecule has 0 aliphatic carbocycles. The summed E-state index contributed by atoms with van der Waals surface area (Å²) in [6.45, 7) is 0. The van der Waals surface area contributed by atoms with Gasteiger partial charge in [0.15, 0.2) is 0 Å². The lowest BCUT2D eigenvalue weighted by atomic mass is 10.1. The lowest BCUT2D eigenvalue weighted by Crippen LogP contribution is -1.80. The summed E-state index contributed by atoms with van der Waals surface area (Å²) < 4.78 is 2.13. The van der Waals surface area contributed by atoms with Gasteiger partial charge in [-0.05, 0) is 39.0 Å². The van der Waals surface area contributed by atoms with Gasteiger partial charge in [-0.2, -0.15) is 5.26 Å². The lowest BCUT2D eigenvalue weighted by Gasteiger charge is -1.98. The molecule has 1 heterocycles. The maximum atomic E-state index is 8.94. The molecule has 2 rings (SSSR count). The van der Waals surface area contributed by atoms with Gasteiger partial charge in [0.05, 0.1) is 14.0 Å². The number of alkyl halides is 1. The van der Waals surface area contributed by atoms with Crippen molar-refractivity contribution in [2.75, 3.05) is 0 Å². The highest BCUT2D eigenvalue weighted by molar-refractivity contribution is 9.11. The average Bonchev–Trinajstić information content (AvgIpc) is 2.57. The maximum Gasteiger partial charge on any atom is 0.101 e. The van der Waals surface area contributed by atoms with Crippen LogP contribution in [0.25, 0.3) is 10.1 Å². The standard InChI is InChI=1S/C10H5Br2NS/c11-4-6-1-2-7(5-13)10-8(6)3-9(12)14-10/h1-3H,4H2. The van der Waals surface area contributed by atoms with Gasteiger partial charge in [0.1, 0.15) is 6.07 Å². The van der Waals surface area contributed by atoms with Gasteiger partial charge in [0, 0.05) is 5.33 Å². The fraction of sp³-hybridized carbons (Fsp3) is 0.100. The Bertz CT molecular complexity index is 525. The second-order valence-electron chi connectivity index (χ2n) is 2.81. The van der Waals surface area contributed by atoms with E-state index in [1.165, 1.54) is 5.56 Å².